The molecule has 0 amide bonds. The van der Waals surface area contributed by atoms with E-state index in [4.69, 9.17) is 27.9 Å². The van der Waals surface area contributed by atoms with Gasteiger partial charge in [-0.2, -0.15) is 0 Å². The highest BCUT2D eigenvalue weighted by Crippen LogP contribution is 2.62. The Balaban J connectivity index is 1.49. The molecule has 1 N–H and O–H groups in total. The van der Waals surface area contributed by atoms with Gasteiger partial charge in [0.15, 0.2) is 0 Å². The minimum atomic E-state index is -0.652. The fourth-order valence-corrected chi connectivity index (χ4v) is 5.85. The molecule has 0 heterocycles. The number of hydrogen-bond acceptors (Lipinski definition) is 3. The minimum absolute atomic E-state index is 0.157. The summed E-state index contributed by atoms with van der Waals surface area (Å²) in [4.78, 5) is 12.8. The van der Waals surface area contributed by atoms with Crippen LogP contribution in [0.25, 0.3) is 0 Å². The van der Waals surface area contributed by atoms with Gasteiger partial charge in [-0.3, -0.25) is 4.79 Å². The van der Waals surface area contributed by atoms with Gasteiger partial charge in [-0.1, -0.05) is 29.3 Å². The van der Waals surface area contributed by atoms with E-state index in [9.17, 15) is 9.90 Å². The van der Waals surface area contributed by atoms with Gasteiger partial charge < -0.3 is 9.84 Å². The fraction of sp³-hybridized carbons (Fsp3) is 0.611. The second-order valence-corrected chi connectivity index (χ2v) is 8.62. The molecule has 4 aliphatic rings. The van der Waals surface area contributed by atoms with E-state index in [1.54, 1.807) is 18.2 Å². The van der Waals surface area contributed by atoms with Gasteiger partial charge in [0.2, 0.25) is 0 Å². The number of benzene rings is 1. The quantitative estimate of drug-likeness (QED) is 0.819. The van der Waals surface area contributed by atoms with E-state index in [2.05, 4.69) is 0 Å². The largest absolute Gasteiger partial charge is 0.460 e. The third-order valence-electron chi connectivity index (χ3n) is 5.84. The smallest absolute Gasteiger partial charge is 0.312 e. The lowest BCUT2D eigenvalue weighted by molar-refractivity contribution is -0.197. The monoisotopic (exact) mass is 354 g/mol. The molecular weight excluding hydrogens is 335 g/mol. The molecule has 5 heteroatoms. The maximum Gasteiger partial charge on any atom is 0.312 e. The molecule has 23 heavy (non-hydrogen) atoms. The second kappa shape index (κ2) is 5.37. The van der Waals surface area contributed by atoms with Gasteiger partial charge in [0.05, 0.1) is 11.0 Å². The Bertz CT molecular complexity index is 644. The van der Waals surface area contributed by atoms with Crippen LogP contribution in [0.15, 0.2) is 18.2 Å². The van der Waals surface area contributed by atoms with Gasteiger partial charge in [0, 0.05) is 15.6 Å². The first kappa shape index (κ1) is 15.7. The Hall–Kier alpha value is -0.770. The topological polar surface area (TPSA) is 46.5 Å². The number of hydrogen-bond donors (Lipinski definition) is 1. The Morgan fingerprint density at radius 1 is 1.22 bits per heavy atom. The highest BCUT2D eigenvalue weighted by Gasteiger charge is 2.60. The zero-order valence-electron chi connectivity index (χ0n) is 12.9. The lowest BCUT2D eigenvalue weighted by Crippen LogP contribution is -2.58. The zero-order chi connectivity index (χ0) is 16.2. The summed E-state index contributed by atoms with van der Waals surface area (Å²) in [6, 6.07) is 5.18. The Morgan fingerprint density at radius 2 is 1.91 bits per heavy atom. The van der Waals surface area contributed by atoms with Crippen LogP contribution < -0.4 is 0 Å². The number of rotatable bonds is 3. The molecule has 0 aromatic heterocycles. The van der Waals surface area contributed by atoms with Crippen molar-refractivity contribution < 1.29 is 14.6 Å². The van der Waals surface area contributed by atoms with Crippen molar-refractivity contribution in [3.63, 3.8) is 0 Å². The van der Waals surface area contributed by atoms with Gasteiger partial charge in [-0.25, -0.2) is 0 Å². The molecule has 4 fully saturated rings. The standard InChI is InChI=1S/C18H20Cl2O3/c19-14-2-1-13(15(20)4-14)9-23-16(21)17-5-11-3-12(6-17)8-18(22,7-11)10-17/h1-2,4,11-12,22H,3,5-10H2/t11-,12+,17?,18?. The molecule has 0 aliphatic heterocycles. The first-order valence-electron chi connectivity index (χ1n) is 8.21. The third-order valence-corrected chi connectivity index (χ3v) is 6.42. The molecule has 124 valence electrons. The van der Waals surface area contributed by atoms with Crippen LogP contribution in [-0.4, -0.2) is 16.7 Å². The van der Waals surface area contributed by atoms with E-state index >= 15 is 0 Å². The lowest BCUT2D eigenvalue weighted by atomic mass is 9.48. The summed E-state index contributed by atoms with van der Waals surface area (Å²) in [6.45, 7) is 0.157. The first-order chi connectivity index (χ1) is 10.9. The molecule has 1 aromatic carbocycles. The number of halogens is 2. The van der Waals surface area contributed by atoms with Gasteiger partial charge in [0.25, 0.3) is 0 Å². The Labute approximate surface area is 145 Å². The predicted molar refractivity (Wildman–Crippen MR) is 88.3 cm³/mol. The van der Waals surface area contributed by atoms with Crippen LogP contribution in [0.2, 0.25) is 10.0 Å². The van der Waals surface area contributed by atoms with Crippen LogP contribution in [0.5, 0.6) is 0 Å². The van der Waals surface area contributed by atoms with Crippen molar-refractivity contribution in [2.45, 2.75) is 50.7 Å². The van der Waals surface area contributed by atoms with Crippen molar-refractivity contribution in [1.29, 1.82) is 0 Å². The summed E-state index contributed by atoms with van der Waals surface area (Å²) >= 11 is 12.0. The average Bonchev–Trinajstić information content (AvgIpc) is 2.43. The average molecular weight is 355 g/mol. The van der Waals surface area contributed by atoms with Crippen molar-refractivity contribution in [3.8, 4) is 0 Å². The lowest BCUT2D eigenvalue weighted by Gasteiger charge is -2.58. The van der Waals surface area contributed by atoms with Crippen LogP contribution in [0.4, 0.5) is 0 Å². The van der Waals surface area contributed by atoms with Crippen LogP contribution in [0.3, 0.4) is 0 Å². The molecule has 0 radical (unpaired) electrons. The number of esters is 1. The van der Waals surface area contributed by atoms with Crippen molar-refractivity contribution >= 4 is 29.2 Å². The van der Waals surface area contributed by atoms with E-state index in [-0.39, 0.29) is 12.6 Å². The third kappa shape index (κ3) is 2.77. The number of carbonyl (C=O) groups is 1. The normalized spacial score (nSPS) is 37.9. The molecule has 2 unspecified atom stereocenters. The Kier molecular flexibility index (Phi) is 3.67. The zero-order valence-corrected chi connectivity index (χ0v) is 14.4. The van der Waals surface area contributed by atoms with Gasteiger partial charge >= 0.3 is 5.97 Å². The van der Waals surface area contributed by atoms with Crippen molar-refractivity contribution in [3.05, 3.63) is 33.8 Å². The SMILES string of the molecule is O=C(OCc1ccc(Cl)cc1Cl)C12C[C@@H]3C[C@@H](CC(O)(C3)C1)C2. The maximum absolute atomic E-state index is 12.8. The number of ether oxygens (including phenoxy) is 1. The molecule has 0 spiro atoms. The van der Waals surface area contributed by atoms with Crippen LogP contribution in [0.1, 0.15) is 44.1 Å². The molecule has 0 saturated heterocycles. The van der Waals surface area contributed by atoms with Gasteiger partial charge in [-0.15, -0.1) is 0 Å². The molecule has 3 nitrogen and oxygen atoms in total. The second-order valence-electron chi connectivity index (χ2n) is 7.78. The van der Waals surface area contributed by atoms with E-state index < -0.39 is 11.0 Å². The summed E-state index contributed by atoms with van der Waals surface area (Å²) in [5.74, 6) is 0.761. The summed E-state index contributed by atoms with van der Waals surface area (Å²) < 4.78 is 5.60. The fourth-order valence-electron chi connectivity index (χ4n) is 5.39. The molecule has 4 aliphatic carbocycles. The highest BCUT2D eigenvalue weighted by atomic mass is 35.5. The summed E-state index contributed by atoms with van der Waals surface area (Å²) in [6.07, 6.45) is 5.13. The number of aliphatic hydroxyl groups is 1. The molecule has 4 saturated carbocycles. The van der Waals surface area contributed by atoms with Crippen molar-refractivity contribution in [1.82, 2.24) is 0 Å². The highest BCUT2D eigenvalue weighted by molar-refractivity contribution is 6.35. The van der Waals surface area contributed by atoms with Crippen molar-refractivity contribution in [2.75, 3.05) is 0 Å². The van der Waals surface area contributed by atoms with Crippen LogP contribution in [-0.2, 0) is 16.1 Å². The summed E-state index contributed by atoms with van der Waals surface area (Å²) in [5.41, 5.74) is -0.383. The first-order valence-corrected chi connectivity index (χ1v) is 8.97. The molecular formula is C18H20Cl2O3. The minimum Gasteiger partial charge on any atom is -0.460 e. The Morgan fingerprint density at radius 3 is 2.52 bits per heavy atom. The van der Waals surface area contributed by atoms with E-state index in [1.165, 1.54) is 0 Å². The van der Waals surface area contributed by atoms with Gasteiger partial charge in [-0.05, 0) is 62.5 Å². The van der Waals surface area contributed by atoms with Crippen LogP contribution >= 0.6 is 23.2 Å². The molecule has 1 aromatic rings. The molecule has 5 rings (SSSR count). The summed E-state index contributed by atoms with van der Waals surface area (Å²) in [5, 5.41) is 11.8. The van der Waals surface area contributed by atoms with Crippen LogP contribution in [0, 0.1) is 17.3 Å². The maximum atomic E-state index is 12.8. The summed E-state index contributed by atoms with van der Waals surface area (Å²) in [7, 11) is 0. The predicted octanol–water partition coefficient (Wildman–Crippen LogP) is 4.37. The van der Waals surface area contributed by atoms with Crippen molar-refractivity contribution in [2.24, 2.45) is 17.3 Å². The van der Waals surface area contributed by atoms with E-state index in [0.29, 0.717) is 28.3 Å². The molecule has 4 atom stereocenters. The number of carbonyl (C=O) groups excluding carboxylic acids is 1. The van der Waals surface area contributed by atoms with E-state index in [1.807, 2.05) is 0 Å². The van der Waals surface area contributed by atoms with E-state index in [0.717, 1.165) is 37.7 Å². The molecule has 4 bridgehead atoms. The van der Waals surface area contributed by atoms with Gasteiger partial charge in [0.1, 0.15) is 6.61 Å².